The van der Waals surface area contributed by atoms with Crippen molar-refractivity contribution in [3.8, 4) is 5.75 Å². The molecule has 128 valence electrons. The van der Waals surface area contributed by atoms with Crippen molar-refractivity contribution in [1.82, 2.24) is 5.32 Å². The number of amides is 1. The van der Waals surface area contributed by atoms with Crippen LogP contribution in [0.1, 0.15) is 37.4 Å². The highest BCUT2D eigenvalue weighted by Gasteiger charge is 2.18. The molecule has 2 aromatic rings. The van der Waals surface area contributed by atoms with Gasteiger partial charge in [-0.2, -0.15) is 0 Å². The molecule has 3 nitrogen and oxygen atoms in total. The van der Waals surface area contributed by atoms with Gasteiger partial charge in [0.2, 0.25) is 5.91 Å². The summed E-state index contributed by atoms with van der Waals surface area (Å²) in [4.78, 5) is 12.3. The van der Waals surface area contributed by atoms with Crippen LogP contribution in [-0.4, -0.2) is 13.0 Å². The molecule has 1 atom stereocenters. The predicted molar refractivity (Wildman–Crippen MR) is 93.4 cm³/mol. The number of ether oxygens (including phenoxy) is 1. The van der Waals surface area contributed by atoms with Crippen LogP contribution in [0.5, 0.6) is 5.75 Å². The molecule has 0 fully saturated rings. The third kappa shape index (κ3) is 5.08. The highest BCUT2D eigenvalue weighted by molar-refractivity contribution is 5.76. The number of halogens is 1. The molecule has 0 spiro atoms. The van der Waals surface area contributed by atoms with Gasteiger partial charge in [-0.05, 0) is 47.7 Å². The molecule has 24 heavy (non-hydrogen) atoms. The number of nitrogens with one attached hydrogen (secondary N) is 1. The molecule has 2 rings (SSSR count). The summed E-state index contributed by atoms with van der Waals surface area (Å²) in [5.41, 5.74) is 1.88. The number of carbonyl (C=O) groups excluding carboxylic acids is 1. The Hall–Kier alpha value is -2.36. The second-order valence-corrected chi connectivity index (χ2v) is 6.19. The minimum absolute atomic E-state index is 0.0335. The summed E-state index contributed by atoms with van der Waals surface area (Å²) >= 11 is 0. The van der Waals surface area contributed by atoms with Crippen LogP contribution in [0, 0.1) is 11.7 Å². The van der Waals surface area contributed by atoms with Crippen molar-refractivity contribution in [2.45, 2.75) is 32.7 Å². The quantitative estimate of drug-likeness (QED) is 0.823. The van der Waals surface area contributed by atoms with Gasteiger partial charge in [0.05, 0.1) is 13.2 Å². The number of carbonyl (C=O) groups is 1. The Morgan fingerprint density at radius 2 is 1.88 bits per heavy atom. The van der Waals surface area contributed by atoms with E-state index in [4.69, 9.17) is 4.74 Å². The van der Waals surface area contributed by atoms with Gasteiger partial charge in [0.1, 0.15) is 11.6 Å². The van der Waals surface area contributed by atoms with Crippen molar-refractivity contribution in [2.24, 2.45) is 5.92 Å². The number of hydrogen-bond acceptors (Lipinski definition) is 2. The average Bonchev–Trinajstić information content (AvgIpc) is 2.58. The van der Waals surface area contributed by atoms with E-state index in [9.17, 15) is 9.18 Å². The van der Waals surface area contributed by atoms with E-state index in [1.165, 1.54) is 12.1 Å². The second-order valence-electron chi connectivity index (χ2n) is 6.19. The van der Waals surface area contributed by atoms with Gasteiger partial charge in [0.25, 0.3) is 0 Å². The largest absolute Gasteiger partial charge is 0.497 e. The van der Waals surface area contributed by atoms with E-state index >= 15 is 0 Å². The minimum atomic E-state index is -0.272. The molecule has 2 aromatic carbocycles. The third-order valence-electron chi connectivity index (χ3n) is 3.99. The van der Waals surface area contributed by atoms with E-state index in [0.29, 0.717) is 12.8 Å². The van der Waals surface area contributed by atoms with Crippen molar-refractivity contribution in [2.75, 3.05) is 7.11 Å². The minimum Gasteiger partial charge on any atom is -0.497 e. The lowest BCUT2D eigenvalue weighted by atomic mass is 9.95. The first-order chi connectivity index (χ1) is 11.5. The van der Waals surface area contributed by atoms with Crippen molar-refractivity contribution in [3.05, 3.63) is 65.5 Å². The third-order valence-corrected chi connectivity index (χ3v) is 3.99. The molecular weight excluding hydrogens is 305 g/mol. The molecule has 1 unspecified atom stereocenters. The maximum atomic E-state index is 13.2. The molecule has 1 N–H and O–H groups in total. The number of rotatable bonds is 7. The van der Waals surface area contributed by atoms with Crippen LogP contribution in [0.2, 0.25) is 0 Å². The fourth-order valence-electron chi connectivity index (χ4n) is 2.64. The lowest BCUT2D eigenvalue weighted by Crippen LogP contribution is -2.31. The van der Waals surface area contributed by atoms with E-state index in [-0.39, 0.29) is 23.7 Å². The Morgan fingerprint density at radius 3 is 2.46 bits per heavy atom. The van der Waals surface area contributed by atoms with E-state index in [0.717, 1.165) is 16.9 Å². The fraction of sp³-hybridized carbons (Fsp3) is 0.350. The van der Waals surface area contributed by atoms with Crippen LogP contribution in [0.3, 0.4) is 0 Å². The van der Waals surface area contributed by atoms with Crippen molar-refractivity contribution < 1.29 is 13.9 Å². The molecule has 0 bridgehead atoms. The Morgan fingerprint density at radius 1 is 1.17 bits per heavy atom. The highest BCUT2D eigenvalue weighted by Crippen LogP contribution is 2.24. The highest BCUT2D eigenvalue weighted by atomic mass is 19.1. The van der Waals surface area contributed by atoms with Crippen LogP contribution in [0.15, 0.2) is 48.5 Å². The zero-order valence-electron chi connectivity index (χ0n) is 14.4. The van der Waals surface area contributed by atoms with Crippen LogP contribution in [-0.2, 0) is 11.2 Å². The van der Waals surface area contributed by atoms with Gasteiger partial charge < -0.3 is 10.1 Å². The van der Waals surface area contributed by atoms with Gasteiger partial charge in [-0.15, -0.1) is 0 Å². The Bertz CT molecular complexity index is 668. The zero-order valence-corrected chi connectivity index (χ0v) is 14.4. The lowest BCUT2D eigenvalue weighted by Gasteiger charge is -2.23. The zero-order chi connectivity index (χ0) is 17.5. The van der Waals surface area contributed by atoms with Gasteiger partial charge in [-0.1, -0.05) is 38.1 Å². The standard InChI is InChI=1S/C20H24FNO2/c1-14(2)20(16-8-10-18(24-3)11-9-16)22-19(23)12-7-15-5-4-6-17(21)13-15/h4-6,8-11,13-14,20H,7,12H2,1-3H3,(H,22,23). The molecule has 0 heterocycles. The molecule has 0 aliphatic carbocycles. The van der Waals surface area contributed by atoms with Crippen LogP contribution in [0.25, 0.3) is 0 Å². The van der Waals surface area contributed by atoms with E-state index in [1.54, 1.807) is 13.2 Å². The maximum Gasteiger partial charge on any atom is 0.220 e. The molecule has 4 heteroatoms. The summed E-state index contributed by atoms with van der Waals surface area (Å²) < 4.78 is 18.3. The van der Waals surface area contributed by atoms with Gasteiger partial charge in [0, 0.05) is 6.42 Å². The first-order valence-corrected chi connectivity index (χ1v) is 8.17. The first-order valence-electron chi connectivity index (χ1n) is 8.17. The molecule has 0 saturated heterocycles. The van der Waals surface area contributed by atoms with Gasteiger partial charge in [0.15, 0.2) is 0 Å². The van der Waals surface area contributed by atoms with Gasteiger partial charge in [-0.3, -0.25) is 4.79 Å². The smallest absolute Gasteiger partial charge is 0.220 e. The second kappa shape index (κ2) is 8.48. The summed E-state index contributed by atoms with van der Waals surface area (Å²) in [5.74, 6) is 0.746. The molecular formula is C20H24FNO2. The Labute approximate surface area is 142 Å². The lowest BCUT2D eigenvalue weighted by molar-refractivity contribution is -0.122. The monoisotopic (exact) mass is 329 g/mol. The van der Waals surface area contributed by atoms with Crippen LogP contribution < -0.4 is 10.1 Å². The van der Waals surface area contributed by atoms with E-state index < -0.39 is 0 Å². The molecule has 0 aliphatic heterocycles. The summed E-state index contributed by atoms with van der Waals surface area (Å²) in [5, 5.41) is 3.08. The Kier molecular flexibility index (Phi) is 6.36. The van der Waals surface area contributed by atoms with Crippen molar-refractivity contribution in [1.29, 1.82) is 0 Å². The van der Waals surface area contributed by atoms with Gasteiger partial charge in [-0.25, -0.2) is 4.39 Å². The Balaban J connectivity index is 1.97. The van der Waals surface area contributed by atoms with Crippen molar-refractivity contribution >= 4 is 5.91 Å². The number of hydrogen-bond donors (Lipinski definition) is 1. The fourth-order valence-corrected chi connectivity index (χ4v) is 2.64. The van der Waals surface area contributed by atoms with Crippen molar-refractivity contribution in [3.63, 3.8) is 0 Å². The van der Waals surface area contributed by atoms with Crippen LogP contribution >= 0.6 is 0 Å². The SMILES string of the molecule is COc1ccc(C(NC(=O)CCc2cccc(F)c2)C(C)C)cc1. The number of aryl methyl sites for hydroxylation is 1. The summed E-state index contributed by atoms with van der Waals surface area (Å²) in [6.07, 6.45) is 0.861. The number of benzene rings is 2. The van der Waals surface area contributed by atoms with Crippen LogP contribution in [0.4, 0.5) is 4.39 Å². The molecule has 0 radical (unpaired) electrons. The average molecular weight is 329 g/mol. The maximum absolute atomic E-state index is 13.2. The van der Waals surface area contributed by atoms with E-state index in [1.807, 2.05) is 30.3 Å². The topological polar surface area (TPSA) is 38.3 Å². The summed E-state index contributed by atoms with van der Waals surface area (Å²) in [7, 11) is 1.63. The molecule has 0 aliphatic rings. The summed E-state index contributed by atoms with van der Waals surface area (Å²) in [6, 6.07) is 14.0. The van der Waals surface area contributed by atoms with Gasteiger partial charge >= 0.3 is 0 Å². The van der Waals surface area contributed by atoms with E-state index in [2.05, 4.69) is 19.2 Å². The first kappa shape index (κ1) is 18.0. The molecule has 1 amide bonds. The molecule has 0 saturated carbocycles. The summed E-state index contributed by atoms with van der Waals surface area (Å²) in [6.45, 7) is 4.14. The number of methoxy groups -OCH3 is 1. The molecule has 0 aromatic heterocycles. The predicted octanol–water partition coefficient (Wildman–Crippen LogP) is 4.28. The normalized spacial score (nSPS) is 12.0.